The molecule has 8 heteroatoms. The zero-order chi connectivity index (χ0) is 23.0. The summed E-state index contributed by atoms with van der Waals surface area (Å²) >= 11 is 0. The predicted molar refractivity (Wildman–Crippen MR) is 121 cm³/mol. The Morgan fingerprint density at radius 2 is 1.81 bits per heavy atom. The molecule has 1 unspecified atom stereocenters. The fourth-order valence-corrected chi connectivity index (χ4v) is 5.20. The van der Waals surface area contributed by atoms with Gasteiger partial charge in [0.15, 0.2) is 0 Å². The Bertz CT molecular complexity index is 1010. The maximum absolute atomic E-state index is 12.8. The van der Waals surface area contributed by atoms with Gasteiger partial charge in [0.2, 0.25) is 15.9 Å². The third-order valence-corrected chi connectivity index (χ3v) is 7.41. The molecule has 0 spiro atoms. The van der Waals surface area contributed by atoms with Crippen LogP contribution in [0.3, 0.4) is 0 Å². The number of benzene rings is 2. The maximum atomic E-state index is 12.8. The zero-order valence-electron chi connectivity index (χ0n) is 18.3. The summed E-state index contributed by atoms with van der Waals surface area (Å²) in [6.07, 6.45) is 2.20. The zero-order valence-corrected chi connectivity index (χ0v) is 19.1. The number of piperidine rings is 1. The van der Waals surface area contributed by atoms with Crippen LogP contribution in [0.2, 0.25) is 0 Å². The molecule has 1 N–H and O–H groups in total. The van der Waals surface area contributed by atoms with E-state index in [2.05, 4.69) is 5.32 Å². The number of esters is 1. The normalized spacial score (nSPS) is 17.0. The van der Waals surface area contributed by atoms with Gasteiger partial charge in [0.05, 0.1) is 17.4 Å². The molecule has 1 fully saturated rings. The second kappa shape index (κ2) is 11.2. The minimum absolute atomic E-state index is 0.0665. The molecule has 2 aromatic rings. The first-order valence-electron chi connectivity index (χ1n) is 10.9. The minimum atomic E-state index is -3.63. The van der Waals surface area contributed by atoms with E-state index < -0.39 is 21.9 Å². The number of rotatable bonds is 9. The van der Waals surface area contributed by atoms with E-state index in [1.54, 1.807) is 30.3 Å². The highest BCUT2D eigenvalue weighted by Gasteiger charge is 2.33. The van der Waals surface area contributed by atoms with Crippen LogP contribution in [0.15, 0.2) is 59.5 Å². The van der Waals surface area contributed by atoms with Crippen molar-refractivity contribution in [3.63, 3.8) is 0 Å². The number of ether oxygens (including phenoxy) is 1. The molecule has 1 aliphatic rings. The van der Waals surface area contributed by atoms with Crippen molar-refractivity contribution in [1.29, 1.82) is 0 Å². The first kappa shape index (κ1) is 23.9. The van der Waals surface area contributed by atoms with Crippen molar-refractivity contribution >= 4 is 21.9 Å². The van der Waals surface area contributed by atoms with Crippen molar-refractivity contribution in [2.45, 2.75) is 37.5 Å². The van der Waals surface area contributed by atoms with Crippen molar-refractivity contribution < 1.29 is 22.7 Å². The van der Waals surface area contributed by atoms with Crippen LogP contribution >= 0.6 is 0 Å². The van der Waals surface area contributed by atoms with Gasteiger partial charge >= 0.3 is 5.97 Å². The van der Waals surface area contributed by atoms with E-state index in [4.69, 9.17) is 4.74 Å². The van der Waals surface area contributed by atoms with Crippen molar-refractivity contribution in [1.82, 2.24) is 9.62 Å². The number of carbonyl (C=O) groups excluding carboxylic acids is 2. The Morgan fingerprint density at radius 3 is 2.53 bits per heavy atom. The van der Waals surface area contributed by atoms with E-state index in [-0.39, 0.29) is 30.5 Å². The first-order chi connectivity index (χ1) is 15.4. The third kappa shape index (κ3) is 6.64. The van der Waals surface area contributed by atoms with Gasteiger partial charge in [-0.05, 0) is 43.9 Å². The summed E-state index contributed by atoms with van der Waals surface area (Å²) in [4.78, 5) is 24.7. The van der Waals surface area contributed by atoms with Crippen LogP contribution in [0, 0.1) is 12.8 Å². The molecule has 0 saturated carbocycles. The molecule has 0 bridgehead atoms. The molecular weight excluding hydrogens is 428 g/mol. The van der Waals surface area contributed by atoms with Gasteiger partial charge < -0.3 is 10.1 Å². The highest BCUT2D eigenvalue weighted by Crippen LogP contribution is 2.24. The first-order valence-corrected chi connectivity index (χ1v) is 12.3. The van der Waals surface area contributed by atoms with Crippen LogP contribution < -0.4 is 5.32 Å². The number of nitrogens with one attached hydrogen (secondary N) is 1. The van der Waals surface area contributed by atoms with E-state index in [1.165, 1.54) is 9.87 Å². The van der Waals surface area contributed by atoms with Crippen molar-refractivity contribution in [2.24, 2.45) is 5.92 Å². The van der Waals surface area contributed by atoms with Crippen molar-refractivity contribution in [2.75, 3.05) is 26.2 Å². The standard InChI is InChI=1S/C24H30N2O5S/c1-19-9-11-20(12-10-19)13-14-23(27)25-15-17-31-24(28)21-6-5-16-26(18-21)32(29,30)22-7-3-2-4-8-22/h2-4,7-12,21H,5-6,13-18H2,1H3,(H,25,27). The summed E-state index contributed by atoms with van der Waals surface area (Å²) in [5.74, 6) is -1.02. The Labute approximate surface area is 189 Å². The second-order valence-electron chi connectivity index (χ2n) is 8.02. The van der Waals surface area contributed by atoms with Crippen LogP contribution in [0.1, 0.15) is 30.4 Å². The number of sulfonamides is 1. The number of hydrogen-bond donors (Lipinski definition) is 1. The molecule has 1 atom stereocenters. The quantitative estimate of drug-likeness (QED) is 0.461. The van der Waals surface area contributed by atoms with Crippen molar-refractivity contribution in [3.8, 4) is 0 Å². The monoisotopic (exact) mass is 458 g/mol. The summed E-state index contributed by atoms with van der Waals surface area (Å²) in [6, 6.07) is 16.3. The number of aryl methyl sites for hydroxylation is 2. The molecule has 2 aromatic carbocycles. The molecule has 0 aromatic heterocycles. The lowest BCUT2D eigenvalue weighted by Crippen LogP contribution is -2.43. The van der Waals surface area contributed by atoms with Crippen LogP contribution in [-0.4, -0.2) is 50.8 Å². The van der Waals surface area contributed by atoms with Gasteiger partial charge in [0.1, 0.15) is 6.61 Å². The molecule has 1 amide bonds. The minimum Gasteiger partial charge on any atom is -0.464 e. The fraction of sp³-hybridized carbons (Fsp3) is 0.417. The Hall–Kier alpha value is -2.71. The van der Waals surface area contributed by atoms with Gasteiger partial charge in [-0.15, -0.1) is 0 Å². The summed E-state index contributed by atoms with van der Waals surface area (Å²) in [6.45, 7) is 2.82. The highest BCUT2D eigenvalue weighted by molar-refractivity contribution is 7.89. The predicted octanol–water partition coefficient (Wildman–Crippen LogP) is 2.69. The largest absolute Gasteiger partial charge is 0.464 e. The lowest BCUT2D eigenvalue weighted by atomic mass is 10.0. The number of hydrogen-bond acceptors (Lipinski definition) is 5. The Morgan fingerprint density at radius 1 is 1.09 bits per heavy atom. The van der Waals surface area contributed by atoms with Crippen LogP contribution in [0.25, 0.3) is 0 Å². The Kier molecular flexibility index (Phi) is 8.41. The number of carbonyl (C=O) groups is 2. The van der Waals surface area contributed by atoms with Gasteiger partial charge in [0, 0.05) is 19.5 Å². The van der Waals surface area contributed by atoms with Gasteiger partial charge in [-0.25, -0.2) is 8.42 Å². The molecule has 0 aliphatic carbocycles. The van der Waals surface area contributed by atoms with Crippen molar-refractivity contribution in [3.05, 3.63) is 65.7 Å². The SMILES string of the molecule is Cc1ccc(CCC(=O)NCCOC(=O)C2CCCN(S(=O)(=O)c3ccccc3)C2)cc1. The van der Waals surface area contributed by atoms with E-state index in [0.29, 0.717) is 32.2 Å². The van der Waals surface area contributed by atoms with E-state index >= 15 is 0 Å². The summed E-state index contributed by atoms with van der Waals surface area (Å²) < 4.78 is 32.2. The third-order valence-electron chi connectivity index (χ3n) is 5.53. The molecule has 3 rings (SSSR count). The van der Waals surface area contributed by atoms with Gasteiger partial charge in [-0.1, -0.05) is 48.0 Å². The van der Waals surface area contributed by atoms with Gasteiger partial charge in [0.25, 0.3) is 0 Å². The summed E-state index contributed by atoms with van der Waals surface area (Å²) in [7, 11) is -3.63. The maximum Gasteiger partial charge on any atom is 0.310 e. The van der Waals surface area contributed by atoms with Crippen LogP contribution in [0.4, 0.5) is 0 Å². The summed E-state index contributed by atoms with van der Waals surface area (Å²) in [5, 5.41) is 2.75. The van der Waals surface area contributed by atoms with Gasteiger partial charge in [-0.3, -0.25) is 9.59 Å². The lowest BCUT2D eigenvalue weighted by Gasteiger charge is -2.30. The van der Waals surface area contributed by atoms with Crippen LogP contribution in [-0.2, 0) is 30.8 Å². The summed E-state index contributed by atoms with van der Waals surface area (Å²) in [5.41, 5.74) is 2.28. The van der Waals surface area contributed by atoms with Gasteiger partial charge in [-0.2, -0.15) is 4.31 Å². The highest BCUT2D eigenvalue weighted by atomic mass is 32.2. The topological polar surface area (TPSA) is 92.8 Å². The Balaban J connectivity index is 1.39. The molecule has 172 valence electrons. The lowest BCUT2D eigenvalue weighted by molar-refractivity contribution is -0.150. The van der Waals surface area contributed by atoms with E-state index in [0.717, 1.165) is 5.56 Å². The average molecular weight is 459 g/mol. The molecule has 1 heterocycles. The average Bonchev–Trinajstić information content (AvgIpc) is 2.82. The van der Waals surface area contributed by atoms with E-state index in [1.807, 2.05) is 31.2 Å². The molecule has 1 saturated heterocycles. The molecule has 0 radical (unpaired) electrons. The van der Waals surface area contributed by atoms with E-state index in [9.17, 15) is 18.0 Å². The molecule has 7 nitrogen and oxygen atoms in total. The van der Waals surface area contributed by atoms with Crippen LogP contribution in [0.5, 0.6) is 0 Å². The second-order valence-corrected chi connectivity index (χ2v) is 9.96. The molecular formula is C24H30N2O5S. The molecule has 1 aliphatic heterocycles. The molecule has 32 heavy (non-hydrogen) atoms. The number of amides is 1. The smallest absolute Gasteiger partial charge is 0.310 e. The fourth-order valence-electron chi connectivity index (χ4n) is 3.66. The number of nitrogens with zero attached hydrogens (tertiary/aromatic N) is 1.